The summed E-state index contributed by atoms with van der Waals surface area (Å²) < 4.78 is 0. The van der Waals surface area contributed by atoms with Crippen LogP contribution < -0.4 is 10.6 Å². The Morgan fingerprint density at radius 2 is 2.24 bits per heavy atom. The number of hydrogen-bond donors (Lipinski definition) is 2. The molecule has 1 aliphatic carbocycles. The van der Waals surface area contributed by atoms with Gasteiger partial charge in [0.1, 0.15) is 6.07 Å². The molecular weight excluding hydrogens is 214 g/mol. The minimum absolute atomic E-state index is 0.129. The summed E-state index contributed by atoms with van der Waals surface area (Å²) >= 11 is 0. The summed E-state index contributed by atoms with van der Waals surface area (Å²) in [4.78, 5) is 2.06. The van der Waals surface area contributed by atoms with Crippen molar-refractivity contribution in [3.63, 3.8) is 0 Å². The number of anilines is 2. The van der Waals surface area contributed by atoms with Gasteiger partial charge in [0.2, 0.25) is 0 Å². The number of nitrogens with two attached hydrogens (primary N) is 1. The zero-order valence-corrected chi connectivity index (χ0v) is 9.93. The second-order valence-corrected chi connectivity index (χ2v) is 4.76. The summed E-state index contributed by atoms with van der Waals surface area (Å²) in [6, 6.07) is 7.55. The second kappa shape index (κ2) is 4.64. The highest BCUT2D eigenvalue weighted by molar-refractivity contribution is 5.64. The van der Waals surface area contributed by atoms with E-state index in [0.717, 1.165) is 25.1 Å². The van der Waals surface area contributed by atoms with Crippen LogP contribution >= 0.6 is 0 Å². The normalized spacial score (nSPS) is 22.6. The highest BCUT2D eigenvalue weighted by Gasteiger charge is 2.28. The monoisotopic (exact) mass is 231 g/mol. The van der Waals surface area contributed by atoms with E-state index in [-0.39, 0.29) is 6.10 Å². The molecule has 1 aliphatic rings. The molecule has 1 fully saturated rings. The van der Waals surface area contributed by atoms with E-state index < -0.39 is 0 Å². The molecule has 0 radical (unpaired) electrons. The fraction of sp³-hybridized carbons (Fsp3) is 0.462. The molecule has 0 bridgehead atoms. The minimum atomic E-state index is -0.129. The number of aliphatic hydroxyl groups excluding tert-OH is 1. The molecule has 3 N–H and O–H groups in total. The first-order chi connectivity index (χ1) is 8.10. The predicted octanol–water partition coefficient (Wildman–Crippen LogP) is 1.35. The topological polar surface area (TPSA) is 73.3 Å². The molecule has 0 aliphatic heterocycles. The van der Waals surface area contributed by atoms with Gasteiger partial charge in [0.25, 0.3) is 0 Å². The van der Waals surface area contributed by atoms with Crippen molar-refractivity contribution in [3.05, 3.63) is 23.8 Å². The average Bonchev–Trinajstić information content (AvgIpc) is 2.26. The Balaban J connectivity index is 2.08. The van der Waals surface area contributed by atoms with Crippen molar-refractivity contribution in [1.29, 1.82) is 5.26 Å². The van der Waals surface area contributed by atoms with E-state index in [1.165, 1.54) is 0 Å². The van der Waals surface area contributed by atoms with Crippen LogP contribution in [0.5, 0.6) is 0 Å². The quantitative estimate of drug-likeness (QED) is 0.770. The number of nitriles is 1. The fourth-order valence-electron chi connectivity index (χ4n) is 2.31. The van der Waals surface area contributed by atoms with Crippen molar-refractivity contribution in [1.82, 2.24) is 0 Å². The second-order valence-electron chi connectivity index (χ2n) is 4.76. The molecule has 0 atom stereocenters. The lowest BCUT2D eigenvalue weighted by atomic mass is 9.82. The van der Waals surface area contributed by atoms with Crippen LogP contribution in [0, 0.1) is 17.2 Å². The molecule has 17 heavy (non-hydrogen) atoms. The van der Waals surface area contributed by atoms with Crippen LogP contribution in [-0.4, -0.2) is 24.8 Å². The van der Waals surface area contributed by atoms with Gasteiger partial charge >= 0.3 is 0 Å². The Labute approximate surface area is 101 Å². The number of nitrogen functional groups attached to an aromatic ring is 1. The first-order valence-corrected chi connectivity index (χ1v) is 5.79. The van der Waals surface area contributed by atoms with E-state index in [9.17, 15) is 5.11 Å². The van der Waals surface area contributed by atoms with Crippen molar-refractivity contribution in [2.45, 2.75) is 18.9 Å². The minimum Gasteiger partial charge on any atom is -0.399 e. The maximum Gasteiger partial charge on any atom is 0.101 e. The van der Waals surface area contributed by atoms with Gasteiger partial charge in [-0.25, -0.2) is 0 Å². The molecular formula is C13H17N3O. The highest BCUT2D eigenvalue weighted by atomic mass is 16.3. The lowest BCUT2D eigenvalue weighted by molar-refractivity contribution is 0.0465. The number of aliphatic hydroxyl groups is 1. The summed E-state index contributed by atoms with van der Waals surface area (Å²) in [5.41, 5.74) is 7.78. The molecule has 0 amide bonds. The van der Waals surface area contributed by atoms with Crippen LogP contribution in [0.4, 0.5) is 11.4 Å². The highest BCUT2D eigenvalue weighted by Crippen LogP contribution is 2.30. The lowest BCUT2D eigenvalue weighted by Crippen LogP contribution is -2.37. The van der Waals surface area contributed by atoms with Gasteiger partial charge in [0.15, 0.2) is 0 Å². The van der Waals surface area contributed by atoms with E-state index in [1.54, 1.807) is 6.07 Å². The van der Waals surface area contributed by atoms with Gasteiger partial charge in [-0.2, -0.15) is 5.26 Å². The Bertz CT molecular complexity index is 446. The van der Waals surface area contributed by atoms with Gasteiger partial charge in [-0.3, -0.25) is 0 Å². The zero-order chi connectivity index (χ0) is 12.4. The number of benzene rings is 1. The molecule has 0 spiro atoms. The summed E-state index contributed by atoms with van der Waals surface area (Å²) in [5.74, 6) is 0.527. The van der Waals surface area contributed by atoms with Gasteiger partial charge in [-0.15, -0.1) is 0 Å². The van der Waals surface area contributed by atoms with E-state index in [4.69, 9.17) is 11.0 Å². The third-order valence-electron chi connectivity index (χ3n) is 3.30. The average molecular weight is 231 g/mol. The largest absolute Gasteiger partial charge is 0.399 e. The van der Waals surface area contributed by atoms with Crippen molar-refractivity contribution in [2.24, 2.45) is 5.92 Å². The Kier molecular flexibility index (Phi) is 3.21. The van der Waals surface area contributed by atoms with Gasteiger partial charge < -0.3 is 15.7 Å². The van der Waals surface area contributed by atoms with Crippen LogP contribution in [0.25, 0.3) is 0 Å². The molecule has 0 aromatic heterocycles. The summed E-state index contributed by atoms with van der Waals surface area (Å²) in [7, 11) is 1.97. The molecule has 1 aromatic rings. The lowest BCUT2D eigenvalue weighted by Gasteiger charge is -2.35. The van der Waals surface area contributed by atoms with E-state index in [2.05, 4.69) is 11.0 Å². The fourth-order valence-corrected chi connectivity index (χ4v) is 2.31. The van der Waals surface area contributed by atoms with Gasteiger partial charge in [-0.05, 0) is 37.0 Å². The van der Waals surface area contributed by atoms with Crippen LogP contribution in [0.1, 0.15) is 18.4 Å². The maximum absolute atomic E-state index is 9.25. The predicted molar refractivity (Wildman–Crippen MR) is 67.6 cm³/mol. The maximum atomic E-state index is 9.25. The molecule has 4 nitrogen and oxygen atoms in total. The molecule has 1 saturated carbocycles. The third-order valence-corrected chi connectivity index (χ3v) is 3.30. The van der Waals surface area contributed by atoms with Crippen molar-refractivity contribution in [2.75, 3.05) is 24.2 Å². The summed E-state index contributed by atoms with van der Waals surface area (Å²) in [5, 5.41) is 18.3. The Morgan fingerprint density at radius 3 is 2.82 bits per heavy atom. The van der Waals surface area contributed by atoms with Gasteiger partial charge in [0, 0.05) is 19.3 Å². The van der Waals surface area contributed by atoms with E-state index in [1.807, 2.05) is 19.2 Å². The van der Waals surface area contributed by atoms with Crippen LogP contribution in [0.2, 0.25) is 0 Å². The van der Waals surface area contributed by atoms with E-state index >= 15 is 0 Å². The standard InChI is InChI=1S/C13H17N3O/c1-16(8-9-4-12(17)5-9)13-3-2-11(15)6-10(13)7-14/h2-3,6,9,12,17H,4-5,8,15H2,1H3. The van der Waals surface area contributed by atoms with Crippen molar-refractivity contribution >= 4 is 11.4 Å². The molecule has 0 unspecified atom stereocenters. The number of hydrogen-bond acceptors (Lipinski definition) is 4. The first kappa shape index (κ1) is 11.7. The molecule has 2 rings (SSSR count). The van der Waals surface area contributed by atoms with Crippen LogP contribution in [0.15, 0.2) is 18.2 Å². The number of nitrogens with zero attached hydrogens (tertiary/aromatic N) is 2. The molecule has 90 valence electrons. The van der Waals surface area contributed by atoms with Gasteiger partial charge in [0.05, 0.1) is 17.4 Å². The van der Waals surface area contributed by atoms with Crippen LogP contribution in [0.3, 0.4) is 0 Å². The van der Waals surface area contributed by atoms with Crippen molar-refractivity contribution in [3.8, 4) is 6.07 Å². The molecule has 4 heteroatoms. The number of rotatable bonds is 3. The SMILES string of the molecule is CN(CC1CC(O)C1)c1ccc(N)cc1C#N. The third kappa shape index (κ3) is 2.51. The first-order valence-electron chi connectivity index (χ1n) is 5.79. The summed E-state index contributed by atoms with van der Waals surface area (Å²) in [6.07, 6.45) is 1.60. The smallest absolute Gasteiger partial charge is 0.101 e. The molecule has 1 aromatic carbocycles. The van der Waals surface area contributed by atoms with E-state index in [0.29, 0.717) is 17.2 Å². The molecule has 0 saturated heterocycles. The Hall–Kier alpha value is -1.73. The summed E-state index contributed by atoms with van der Waals surface area (Å²) in [6.45, 7) is 0.871. The molecule has 0 heterocycles. The van der Waals surface area contributed by atoms with Gasteiger partial charge in [-0.1, -0.05) is 0 Å². The van der Waals surface area contributed by atoms with Crippen molar-refractivity contribution < 1.29 is 5.11 Å². The Morgan fingerprint density at radius 1 is 1.53 bits per heavy atom. The van der Waals surface area contributed by atoms with Crippen LogP contribution in [-0.2, 0) is 0 Å². The zero-order valence-electron chi connectivity index (χ0n) is 9.93.